The van der Waals surface area contributed by atoms with Gasteiger partial charge in [-0.15, -0.1) is 0 Å². The summed E-state index contributed by atoms with van der Waals surface area (Å²) in [5.41, 5.74) is 9.23. The second-order valence-corrected chi connectivity index (χ2v) is 9.65. The molecular formula is C22H30N2O4S. The number of nitrogens with two attached hydrogens (primary N) is 1. The lowest BCUT2D eigenvalue weighted by atomic mass is 9.91. The van der Waals surface area contributed by atoms with Crippen LogP contribution in [0.3, 0.4) is 0 Å². The van der Waals surface area contributed by atoms with Gasteiger partial charge in [-0.3, -0.25) is 0 Å². The zero-order valence-corrected chi connectivity index (χ0v) is 17.6. The van der Waals surface area contributed by atoms with Crippen molar-refractivity contribution in [2.75, 3.05) is 12.9 Å². The maximum Gasteiger partial charge on any atom is 0.210 e. The number of hydrogen-bond acceptors (Lipinski definition) is 5. The molecule has 0 fully saturated rings. The third-order valence-corrected chi connectivity index (χ3v) is 5.97. The van der Waals surface area contributed by atoms with Gasteiger partial charge in [0.1, 0.15) is 12.4 Å². The fourth-order valence-corrected chi connectivity index (χ4v) is 4.53. The summed E-state index contributed by atoms with van der Waals surface area (Å²) in [7, 11) is -3.38. The SMILES string of the molecule is CS(=O)(=O)NC(N)c1ccc2c(c1)CC(C[C@H](O)COc1ccccc1)CCC2. The van der Waals surface area contributed by atoms with Crippen LogP contribution in [0.4, 0.5) is 0 Å². The highest BCUT2D eigenvalue weighted by atomic mass is 32.2. The van der Waals surface area contributed by atoms with Crippen LogP contribution in [0.2, 0.25) is 0 Å². The van der Waals surface area contributed by atoms with Crippen molar-refractivity contribution in [3.05, 3.63) is 65.2 Å². The number of aliphatic hydroxyl groups is 1. The van der Waals surface area contributed by atoms with E-state index in [1.807, 2.05) is 48.5 Å². The minimum atomic E-state index is -3.38. The molecule has 0 saturated carbocycles. The van der Waals surface area contributed by atoms with Crippen molar-refractivity contribution in [3.63, 3.8) is 0 Å². The molecule has 2 aromatic carbocycles. The van der Waals surface area contributed by atoms with Crippen LogP contribution in [0.5, 0.6) is 5.75 Å². The topological polar surface area (TPSA) is 102 Å². The van der Waals surface area contributed by atoms with Gasteiger partial charge < -0.3 is 15.6 Å². The van der Waals surface area contributed by atoms with Crippen LogP contribution in [-0.2, 0) is 22.9 Å². The van der Waals surface area contributed by atoms with Crippen molar-refractivity contribution < 1.29 is 18.3 Å². The van der Waals surface area contributed by atoms with Gasteiger partial charge in [0, 0.05) is 0 Å². The normalized spacial score (nSPS) is 19.1. The predicted molar refractivity (Wildman–Crippen MR) is 114 cm³/mol. The van der Waals surface area contributed by atoms with Crippen LogP contribution in [-0.4, -0.2) is 32.5 Å². The Bertz CT molecular complexity index is 902. The Kier molecular flexibility index (Phi) is 7.29. The molecule has 0 radical (unpaired) electrons. The van der Waals surface area contributed by atoms with E-state index in [1.165, 1.54) is 11.1 Å². The van der Waals surface area contributed by atoms with Crippen molar-refractivity contribution >= 4 is 10.0 Å². The van der Waals surface area contributed by atoms with Gasteiger partial charge in [0.25, 0.3) is 0 Å². The Morgan fingerprint density at radius 3 is 2.69 bits per heavy atom. The molecule has 3 rings (SSSR count). The average Bonchev–Trinajstić information content (AvgIpc) is 2.86. The van der Waals surface area contributed by atoms with E-state index < -0.39 is 22.3 Å². The zero-order chi connectivity index (χ0) is 20.9. The second-order valence-electron chi connectivity index (χ2n) is 7.87. The summed E-state index contributed by atoms with van der Waals surface area (Å²) in [6.45, 7) is 0.274. The molecule has 0 aromatic heterocycles. The van der Waals surface area contributed by atoms with E-state index in [9.17, 15) is 13.5 Å². The minimum absolute atomic E-state index is 0.274. The standard InChI is InChI=1S/C22H30N2O4S/c1-29(26,27)24-22(23)18-11-10-17-7-5-6-16(12-19(17)14-18)13-20(25)15-28-21-8-3-2-4-9-21/h2-4,8-11,14,16,20,22,24-25H,5-7,12-13,15,23H2,1H3/t16?,20-,22?/m0/s1. The van der Waals surface area contributed by atoms with E-state index in [4.69, 9.17) is 10.5 Å². The largest absolute Gasteiger partial charge is 0.491 e. The molecule has 7 heteroatoms. The predicted octanol–water partition coefficient (Wildman–Crippen LogP) is 2.52. The molecule has 0 amide bonds. The third-order valence-electron chi connectivity index (χ3n) is 5.29. The molecule has 4 N–H and O–H groups in total. The summed E-state index contributed by atoms with van der Waals surface area (Å²) >= 11 is 0. The van der Waals surface area contributed by atoms with Gasteiger partial charge in [-0.1, -0.05) is 36.4 Å². The number of sulfonamides is 1. The molecule has 0 saturated heterocycles. The first-order chi connectivity index (χ1) is 13.8. The van der Waals surface area contributed by atoms with Crippen LogP contribution >= 0.6 is 0 Å². The fraction of sp³-hybridized carbons (Fsp3) is 0.455. The summed E-state index contributed by atoms with van der Waals surface area (Å²) in [6, 6.07) is 15.4. The molecule has 0 aliphatic heterocycles. The number of para-hydroxylation sites is 1. The zero-order valence-electron chi connectivity index (χ0n) is 16.8. The van der Waals surface area contributed by atoms with Gasteiger partial charge in [-0.2, -0.15) is 4.72 Å². The van der Waals surface area contributed by atoms with E-state index in [1.54, 1.807) is 0 Å². The van der Waals surface area contributed by atoms with Gasteiger partial charge in [-0.05, 0) is 66.8 Å². The van der Waals surface area contributed by atoms with Crippen molar-refractivity contribution in [1.29, 1.82) is 0 Å². The summed E-state index contributed by atoms with van der Waals surface area (Å²) < 4.78 is 31.0. The molecule has 158 valence electrons. The summed E-state index contributed by atoms with van der Waals surface area (Å²) in [5, 5.41) is 10.5. The van der Waals surface area contributed by atoms with Gasteiger partial charge in [0.05, 0.1) is 18.5 Å². The van der Waals surface area contributed by atoms with Gasteiger partial charge in [0.15, 0.2) is 0 Å². The first-order valence-electron chi connectivity index (χ1n) is 10.0. The molecule has 29 heavy (non-hydrogen) atoms. The number of ether oxygens (including phenoxy) is 1. The molecule has 0 spiro atoms. The fourth-order valence-electron chi connectivity index (χ4n) is 3.93. The van der Waals surface area contributed by atoms with E-state index in [0.717, 1.165) is 43.3 Å². The first kappa shape index (κ1) is 21.8. The van der Waals surface area contributed by atoms with Gasteiger partial charge in [-0.25, -0.2) is 8.42 Å². The second kappa shape index (κ2) is 9.71. The summed E-state index contributed by atoms with van der Waals surface area (Å²) in [5.74, 6) is 1.11. The average molecular weight is 419 g/mol. The number of benzene rings is 2. The molecule has 1 aliphatic carbocycles. The third kappa shape index (κ3) is 6.82. The Morgan fingerprint density at radius 2 is 1.97 bits per heavy atom. The smallest absolute Gasteiger partial charge is 0.210 e. The molecular weight excluding hydrogens is 388 g/mol. The molecule has 0 bridgehead atoms. The Hall–Kier alpha value is -1.93. The van der Waals surface area contributed by atoms with E-state index in [2.05, 4.69) is 4.72 Å². The Morgan fingerprint density at radius 1 is 1.21 bits per heavy atom. The summed E-state index contributed by atoms with van der Waals surface area (Å²) in [6.07, 6.45) is 4.42. The van der Waals surface area contributed by atoms with Crippen molar-refractivity contribution in [2.45, 2.75) is 44.4 Å². The Labute approximate surface area is 173 Å². The minimum Gasteiger partial charge on any atom is -0.491 e. The number of rotatable bonds is 8. The van der Waals surface area contributed by atoms with Gasteiger partial charge in [0.2, 0.25) is 10.0 Å². The molecule has 0 heterocycles. The summed E-state index contributed by atoms with van der Waals surface area (Å²) in [4.78, 5) is 0. The van der Waals surface area contributed by atoms with Crippen LogP contribution < -0.4 is 15.2 Å². The quantitative estimate of drug-likeness (QED) is 0.452. The van der Waals surface area contributed by atoms with E-state index in [0.29, 0.717) is 12.3 Å². The molecule has 3 atom stereocenters. The van der Waals surface area contributed by atoms with Crippen LogP contribution in [0.1, 0.15) is 42.1 Å². The highest BCUT2D eigenvalue weighted by Gasteiger charge is 2.21. The monoisotopic (exact) mass is 418 g/mol. The number of nitrogens with one attached hydrogen (secondary N) is 1. The molecule has 2 unspecified atom stereocenters. The van der Waals surface area contributed by atoms with E-state index in [-0.39, 0.29) is 6.61 Å². The number of aryl methyl sites for hydroxylation is 1. The molecule has 2 aromatic rings. The van der Waals surface area contributed by atoms with Gasteiger partial charge >= 0.3 is 0 Å². The lowest BCUT2D eigenvalue weighted by Crippen LogP contribution is -2.33. The lowest BCUT2D eigenvalue weighted by Gasteiger charge is -2.20. The lowest BCUT2D eigenvalue weighted by molar-refractivity contribution is 0.0833. The number of aliphatic hydroxyl groups excluding tert-OH is 1. The molecule has 1 aliphatic rings. The number of fused-ring (bicyclic) bond motifs is 1. The van der Waals surface area contributed by atoms with Crippen LogP contribution in [0, 0.1) is 5.92 Å². The highest BCUT2D eigenvalue weighted by Crippen LogP contribution is 2.29. The maximum absolute atomic E-state index is 11.5. The van der Waals surface area contributed by atoms with Crippen LogP contribution in [0.15, 0.2) is 48.5 Å². The van der Waals surface area contributed by atoms with Crippen molar-refractivity contribution in [1.82, 2.24) is 4.72 Å². The van der Waals surface area contributed by atoms with Crippen molar-refractivity contribution in [3.8, 4) is 5.75 Å². The Balaban J connectivity index is 1.62. The van der Waals surface area contributed by atoms with Crippen molar-refractivity contribution in [2.24, 2.45) is 11.7 Å². The van der Waals surface area contributed by atoms with Crippen LogP contribution in [0.25, 0.3) is 0 Å². The maximum atomic E-state index is 11.5. The molecule has 6 nitrogen and oxygen atoms in total. The van der Waals surface area contributed by atoms with E-state index >= 15 is 0 Å². The highest BCUT2D eigenvalue weighted by molar-refractivity contribution is 7.88. The first-order valence-corrected chi connectivity index (χ1v) is 11.9. The number of hydrogen-bond donors (Lipinski definition) is 3.